The average Bonchev–Trinajstić information content (AvgIpc) is 3.46. The molecule has 0 saturated heterocycles. The molecule has 3 aromatic carbocycles. The van der Waals surface area contributed by atoms with Crippen molar-refractivity contribution in [1.29, 1.82) is 0 Å². The zero-order valence-electron chi connectivity index (χ0n) is 16.5. The van der Waals surface area contributed by atoms with Crippen molar-refractivity contribution in [2.75, 3.05) is 0 Å². The fourth-order valence-electron chi connectivity index (χ4n) is 3.52. The molecule has 5 rings (SSSR count). The predicted octanol–water partition coefficient (Wildman–Crippen LogP) is 5.52. The minimum atomic E-state index is -0.507. The SMILES string of the molecule is O=C(N/N=C\c1ccc(-c2ccccc2[N+](=O)[O-])o1)c1cc2c(ccc3ccccc32)o1. The molecule has 0 radical (unpaired) electrons. The lowest BCUT2D eigenvalue weighted by Gasteiger charge is -1.98. The van der Waals surface area contributed by atoms with Crippen LogP contribution in [0, 0.1) is 10.1 Å². The van der Waals surface area contributed by atoms with Crippen LogP contribution in [0.15, 0.2) is 92.8 Å². The molecule has 156 valence electrons. The summed E-state index contributed by atoms with van der Waals surface area (Å²) < 4.78 is 11.3. The van der Waals surface area contributed by atoms with E-state index in [0.29, 0.717) is 22.7 Å². The smallest absolute Gasteiger partial charge is 0.307 e. The molecular formula is C24H15N3O5. The maximum atomic E-state index is 12.5. The molecule has 0 atom stereocenters. The van der Waals surface area contributed by atoms with E-state index in [9.17, 15) is 14.9 Å². The summed E-state index contributed by atoms with van der Waals surface area (Å²) in [6.07, 6.45) is 1.31. The molecule has 32 heavy (non-hydrogen) atoms. The maximum absolute atomic E-state index is 12.5. The van der Waals surface area contributed by atoms with Crippen molar-refractivity contribution in [1.82, 2.24) is 5.43 Å². The van der Waals surface area contributed by atoms with Gasteiger partial charge < -0.3 is 8.83 Å². The number of hydrogen-bond acceptors (Lipinski definition) is 6. The molecule has 0 unspecified atom stereocenters. The van der Waals surface area contributed by atoms with E-state index in [1.807, 2.05) is 36.4 Å². The van der Waals surface area contributed by atoms with E-state index in [2.05, 4.69) is 10.5 Å². The number of carbonyl (C=O) groups is 1. The second-order valence-electron chi connectivity index (χ2n) is 6.98. The Balaban J connectivity index is 1.33. The van der Waals surface area contributed by atoms with Crippen LogP contribution < -0.4 is 5.43 Å². The highest BCUT2D eigenvalue weighted by Crippen LogP contribution is 2.31. The largest absolute Gasteiger partial charge is 0.455 e. The number of furan rings is 2. The Kier molecular flexibility index (Phi) is 4.72. The number of benzene rings is 3. The van der Waals surface area contributed by atoms with Gasteiger partial charge >= 0.3 is 5.91 Å². The van der Waals surface area contributed by atoms with Crippen molar-refractivity contribution in [2.24, 2.45) is 5.10 Å². The third kappa shape index (κ3) is 3.50. The highest BCUT2D eigenvalue weighted by molar-refractivity contribution is 6.08. The molecule has 1 N–H and O–H groups in total. The van der Waals surface area contributed by atoms with Crippen molar-refractivity contribution in [3.8, 4) is 11.3 Å². The number of hydrogen-bond donors (Lipinski definition) is 1. The number of carbonyl (C=O) groups excluding carboxylic acids is 1. The molecule has 5 aromatic rings. The molecule has 2 aromatic heterocycles. The van der Waals surface area contributed by atoms with Crippen LogP contribution in [0.2, 0.25) is 0 Å². The Morgan fingerprint density at radius 3 is 2.62 bits per heavy atom. The Morgan fingerprint density at radius 2 is 1.75 bits per heavy atom. The summed E-state index contributed by atoms with van der Waals surface area (Å²) in [5.41, 5.74) is 3.31. The second kappa shape index (κ2) is 7.84. The number of rotatable bonds is 5. The number of fused-ring (bicyclic) bond motifs is 3. The van der Waals surface area contributed by atoms with Gasteiger partial charge in [0.1, 0.15) is 17.1 Å². The van der Waals surface area contributed by atoms with E-state index >= 15 is 0 Å². The quantitative estimate of drug-likeness (QED) is 0.226. The lowest BCUT2D eigenvalue weighted by Crippen LogP contribution is -2.16. The van der Waals surface area contributed by atoms with Crippen LogP contribution in [0.4, 0.5) is 5.69 Å². The molecule has 0 aliphatic heterocycles. The molecule has 2 heterocycles. The molecule has 0 fully saturated rings. The molecular weight excluding hydrogens is 410 g/mol. The first kappa shape index (κ1) is 19.3. The minimum Gasteiger partial charge on any atom is -0.455 e. The van der Waals surface area contributed by atoms with Gasteiger partial charge in [0.2, 0.25) is 0 Å². The first-order chi connectivity index (χ1) is 15.6. The fourth-order valence-corrected chi connectivity index (χ4v) is 3.52. The topological polar surface area (TPSA) is 111 Å². The minimum absolute atomic E-state index is 0.0592. The number of nitrogens with zero attached hydrogens (tertiary/aromatic N) is 2. The normalized spacial score (nSPS) is 11.4. The van der Waals surface area contributed by atoms with Crippen LogP contribution in [0.1, 0.15) is 16.3 Å². The van der Waals surface area contributed by atoms with Crippen LogP contribution in [-0.2, 0) is 0 Å². The highest BCUT2D eigenvalue weighted by atomic mass is 16.6. The van der Waals surface area contributed by atoms with E-state index in [0.717, 1.165) is 16.2 Å². The number of para-hydroxylation sites is 1. The summed E-state index contributed by atoms with van der Waals surface area (Å²) in [6, 6.07) is 22.8. The zero-order valence-corrected chi connectivity index (χ0v) is 16.5. The third-order valence-electron chi connectivity index (χ3n) is 5.00. The first-order valence-electron chi connectivity index (χ1n) is 9.68. The second-order valence-corrected chi connectivity index (χ2v) is 6.98. The van der Waals surface area contributed by atoms with Crippen LogP contribution in [0.5, 0.6) is 0 Å². The van der Waals surface area contributed by atoms with E-state index < -0.39 is 10.8 Å². The van der Waals surface area contributed by atoms with E-state index in [4.69, 9.17) is 8.83 Å². The lowest BCUT2D eigenvalue weighted by molar-refractivity contribution is -0.384. The van der Waals surface area contributed by atoms with Gasteiger partial charge in [-0.25, -0.2) is 5.43 Å². The molecule has 8 nitrogen and oxygen atoms in total. The van der Waals surface area contributed by atoms with Crippen molar-refractivity contribution in [3.63, 3.8) is 0 Å². The fraction of sp³-hybridized carbons (Fsp3) is 0. The Bertz CT molecular complexity index is 1510. The van der Waals surface area contributed by atoms with Crippen LogP contribution >= 0.6 is 0 Å². The standard InChI is InChI=1S/C24H15N3O5/c28-24(23-13-19-17-6-2-1-5-15(17)9-11-22(19)32-23)26-25-14-16-10-12-21(31-16)18-7-3-4-8-20(18)27(29)30/h1-14H,(H,26,28)/b25-14-. The monoisotopic (exact) mass is 425 g/mol. The van der Waals surface area contributed by atoms with Gasteiger partial charge in [0.05, 0.1) is 16.7 Å². The number of hydrazone groups is 1. The summed E-state index contributed by atoms with van der Waals surface area (Å²) in [5, 5.41) is 18.0. The number of nitrogens with one attached hydrogen (secondary N) is 1. The summed E-state index contributed by atoms with van der Waals surface area (Å²) in [6.45, 7) is 0. The van der Waals surface area contributed by atoms with Gasteiger partial charge in [-0.2, -0.15) is 5.10 Å². The van der Waals surface area contributed by atoms with E-state index in [1.54, 1.807) is 36.4 Å². The van der Waals surface area contributed by atoms with Gasteiger partial charge in [-0.15, -0.1) is 0 Å². The number of amides is 1. The number of nitro benzene ring substituents is 1. The van der Waals surface area contributed by atoms with Gasteiger partial charge in [0, 0.05) is 11.5 Å². The first-order valence-corrected chi connectivity index (χ1v) is 9.68. The molecule has 0 aliphatic rings. The van der Waals surface area contributed by atoms with Gasteiger partial charge in [-0.05, 0) is 41.1 Å². The lowest BCUT2D eigenvalue weighted by atomic mass is 10.1. The van der Waals surface area contributed by atoms with Crippen LogP contribution in [0.25, 0.3) is 33.1 Å². The van der Waals surface area contributed by atoms with E-state index in [-0.39, 0.29) is 11.4 Å². The molecule has 0 saturated carbocycles. The molecule has 0 aliphatic carbocycles. The Morgan fingerprint density at radius 1 is 0.938 bits per heavy atom. The van der Waals surface area contributed by atoms with Crippen molar-refractivity contribution >= 4 is 39.6 Å². The van der Waals surface area contributed by atoms with Crippen molar-refractivity contribution < 1.29 is 18.6 Å². The molecule has 1 amide bonds. The van der Waals surface area contributed by atoms with Gasteiger partial charge in [0.15, 0.2) is 5.76 Å². The summed E-state index contributed by atoms with van der Waals surface area (Å²) >= 11 is 0. The van der Waals surface area contributed by atoms with Gasteiger partial charge in [-0.3, -0.25) is 14.9 Å². The third-order valence-corrected chi connectivity index (χ3v) is 5.00. The number of nitro groups is 1. The molecule has 0 bridgehead atoms. The van der Waals surface area contributed by atoms with Crippen molar-refractivity contribution in [3.05, 3.63) is 100 Å². The Hall–Kier alpha value is -4.72. The summed E-state index contributed by atoms with van der Waals surface area (Å²) in [5.74, 6) is 0.281. The van der Waals surface area contributed by atoms with Crippen LogP contribution in [0.3, 0.4) is 0 Å². The van der Waals surface area contributed by atoms with E-state index in [1.165, 1.54) is 12.3 Å². The molecule has 0 spiro atoms. The summed E-state index contributed by atoms with van der Waals surface area (Å²) in [7, 11) is 0. The van der Waals surface area contributed by atoms with Crippen LogP contribution in [-0.4, -0.2) is 17.0 Å². The zero-order chi connectivity index (χ0) is 22.1. The Labute approximate surface area is 180 Å². The molecule has 8 heteroatoms. The maximum Gasteiger partial charge on any atom is 0.307 e. The predicted molar refractivity (Wildman–Crippen MR) is 120 cm³/mol. The average molecular weight is 425 g/mol. The van der Waals surface area contributed by atoms with Gasteiger partial charge in [-0.1, -0.05) is 42.5 Å². The highest BCUT2D eigenvalue weighted by Gasteiger charge is 2.17. The summed E-state index contributed by atoms with van der Waals surface area (Å²) in [4.78, 5) is 23.2. The van der Waals surface area contributed by atoms with Crippen molar-refractivity contribution in [2.45, 2.75) is 0 Å². The van der Waals surface area contributed by atoms with Gasteiger partial charge in [0.25, 0.3) is 5.69 Å².